The van der Waals surface area contributed by atoms with Gasteiger partial charge in [-0.25, -0.2) is 8.78 Å². The average molecular weight is 260 g/mol. The lowest BCUT2D eigenvalue weighted by Crippen LogP contribution is -2.07. The van der Waals surface area contributed by atoms with Crippen LogP contribution in [0.3, 0.4) is 0 Å². The van der Waals surface area contributed by atoms with Gasteiger partial charge < -0.3 is 5.11 Å². The van der Waals surface area contributed by atoms with Crippen molar-refractivity contribution in [3.63, 3.8) is 0 Å². The molecule has 0 bridgehead atoms. The Morgan fingerprint density at radius 2 is 2.18 bits per heavy atom. The zero-order chi connectivity index (χ0) is 13.0. The van der Waals surface area contributed by atoms with Crippen molar-refractivity contribution in [3.05, 3.63) is 34.4 Å². The molecule has 0 unspecified atom stereocenters. The molecule has 0 aliphatic rings. The number of hydrogen-bond acceptors (Lipinski definition) is 2. The molecule has 0 aromatic heterocycles. The third-order valence-corrected chi connectivity index (χ3v) is 2.54. The fourth-order valence-corrected chi connectivity index (χ4v) is 1.86. The van der Waals surface area contributed by atoms with Crippen molar-refractivity contribution in [2.45, 2.75) is 18.7 Å². The molecule has 0 heterocycles. The minimum absolute atomic E-state index is 0.0307. The van der Waals surface area contributed by atoms with Crippen LogP contribution in [0.4, 0.5) is 8.78 Å². The topological polar surface area (TPSA) is 61.1 Å². The maximum absolute atomic E-state index is 12.8. The van der Waals surface area contributed by atoms with E-state index in [2.05, 4.69) is 0 Å². The molecule has 1 aromatic carbocycles. The summed E-state index contributed by atoms with van der Waals surface area (Å²) in [7, 11) is 0. The van der Waals surface area contributed by atoms with Gasteiger partial charge in [0.2, 0.25) is 0 Å². The normalized spacial score (nSPS) is 10.3. The molecule has 0 amide bonds. The second-order valence-corrected chi connectivity index (χ2v) is 3.55. The number of aliphatic carboxylic acids is 1. The Morgan fingerprint density at radius 1 is 1.53 bits per heavy atom. The number of halogens is 3. The summed E-state index contributed by atoms with van der Waals surface area (Å²) in [6.07, 6.45) is -3.25. The number of nitriles is 1. The van der Waals surface area contributed by atoms with Crippen molar-refractivity contribution in [3.8, 4) is 6.07 Å². The molecule has 0 aliphatic carbocycles. The number of benzene rings is 1. The Hall–Kier alpha value is -1.67. The first-order chi connectivity index (χ1) is 8.01. The highest BCUT2D eigenvalue weighted by Crippen LogP contribution is 2.30. The first kappa shape index (κ1) is 13.4. The standard InChI is InChI=1S/C11H8ClF2NO2/c12-4-8-6(3-9(16)17)1-2-7(5-15)10(8)11(13)14/h1-2,11H,3-4H2,(H,16,17). The number of carboxylic acids is 1. The van der Waals surface area contributed by atoms with Crippen molar-refractivity contribution in [1.82, 2.24) is 0 Å². The lowest BCUT2D eigenvalue weighted by atomic mass is 9.96. The van der Waals surface area contributed by atoms with E-state index in [0.29, 0.717) is 0 Å². The van der Waals surface area contributed by atoms with Crippen molar-refractivity contribution >= 4 is 17.6 Å². The van der Waals surface area contributed by atoms with Crippen LogP contribution in [0.2, 0.25) is 0 Å². The van der Waals surface area contributed by atoms with Gasteiger partial charge in [-0.1, -0.05) is 6.07 Å². The summed E-state index contributed by atoms with van der Waals surface area (Å²) in [5.74, 6) is -1.39. The van der Waals surface area contributed by atoms with Gasteiger partial charge in [-0.05, 0) is 17.2 Å². The number of alkyl halides is 3. The number of carboxylic acid groups (broad SMARTS) is 1. The smallest absolute Gasteiger partial charge is 0.307 e. The zero-order valence-corrected chi connectivity index (χ0v) is 9.34. The molecule has 0 atom stereocenters. The van der Waals surface area contributed by atoms with Gasteiger partial charge in [0.05, 0.1) is 18.1 Å². The summed E-state index contributed by atoms with van der Waals surface area (Å²) in [6.45, 7) is 0. The molecule has 1 aromatic rings. The van der Waals surface area contributed by atoms with Crippen LogP contribution in [0.1, 0.15) is 28.7 Å². The lowest BCUT2D eigenvalue weighted by Gasteiger charge is -2.12. The van der Waals surface area contributed by atoms with Crippen LogP contribution < -0.4 is 0 Å². The van der Waals surface area contributed by atoms with Crippen LogP contribution in [-0.2, 0) is 17.1 Å². The highest BCUT2D eigenvalue weighted by atomic mass is 35.5. The van der Waals surface area contributed by atoms with E-state index in [9.17, 15) is 13.6 Å². The van der Waals surface area contributed by atoms with E-state index in [0.717, 1.165) is 0 Å². The number of hydrogen-bond donors (Lipinski definition) is 1. The van der Waals surface area contributed by atoms with Crippen molar-refractivity contribution < 1.29 is 18.7 Å². The molecule has 0 radical (unpaired) electrons. The van der Waals surface area contributed by atoms with Crippen LogP contribution in [0, 0.1) is 11.3 Å². The van der Waals surface area contributed by atoms with Gasteiger partial charge in [-0.15, -0.1) is 11.6 Å². The van der Waals surface area contributed by atoms with Gasteiger partial charge in [-0.3, -0.25) is 4.79 Å². The predicted octanol–water partition coefficient (Wildman–Crippen LogP) is 2.86. The lowest BCUT2D eigenvalue weighted by molar-refractivity contribution is -0.136. The number of rotatable bonds is 4. The minimum atomic E-state index is -2.85. The maximum atomic E-state index is 12.8. The van der Waals surface area contributed by atoms with E-state index in [1.807, 2.05) is 0 Å². The summed E-state index contributed by atoms with van der Waals surface area (Å²) in [5.41, 5.74) is -0.407. The Kier molecular flexibility index (Phi) is 4.41. The van der Waals surface area contributed by atoms with Gasteiger partial charge >= 0.3 is 5.97 Å². The van der Waals surface area contributed by atoms with Crippen LogP contribution in [0.15, 0.2) is 12.1 Å². The van der Waals surface area contributed by atoms with Crippen molar-refractivity contribution in [2.24, 2.45) is 0 Å². The van der Waals surface area contributed by atoms with E-state index in [4.69, 9.17) is 22.0 Å². The SMILES string of the molecule is N#Cc1ccc(CC(=O)O)c(CCl)c1C(F)F. The molecule has 0 saturated heterocycles. The van der Waals surface area contributed by atoms with Gasteiger partial charge in [0, 0.05) is 11.4 Å². The quantitative estimate of drug-likeness (QED) is 0.846. The molecule has 3 nitrogen and oxygen atoms in total. The molecule has 6 heteroatoms. The van der Waals surface area contributed by atoms with Crippen molar-refractivity contribution in [1.29, 1.82) is 5.26 Å². The molecule has 0 spiro atoms. The summed E-state index contributed by atoms with van der Waals surface area (Å²) < 4.78 is 25.6. The molecule has 0 fully saturated rings. The summed E-state index contributed by atoms with van der Waals surface area (Å²) in [6, 6.07) is 4.18. The van der Waals surface area contributed by atoms with Gasteiger partial charge in [0.15, 0.2) is 0 Å². The Balaban J connectivity index is 3.42. The summed E-state index contributed by atoms with van der Waals surface area (Å²) in [4.78, 5) is 10.6. The predicted molar refractivity (Wildman–Crippen MR) is 57.0 cm³/mol. The van der Waals surface area contributed by atoms with E-state index in [-0.39, 0.29) is 22.6 Å². The Bertz CT molecular complexity index is 483. The summed E-state index contributed by atoms with van der Waals surface area (Å²) in [5, 5.41) is 17.4. The van der Waals surface area contributed by atoms with E-state index in [1.165, 1.54) is 12.1 Å². The van der Waals surface area contributed by atoms with Crippen LogP contribution in [-0.4, -0.2) is 11.1 Å². The van der Waals surface area contributed by atoms with Gasteiger partial charge in [-0.2, -0.15) is 5.26 Å². The van der Waals surface area contributed by atoms with E-state index < -0.39 is 24.4 Å². The van der Waals surface area contributed by atoms with Crippen LogP contribution in [0.5, 0.6) is 0 Å². The van der Waals surface area contributed by atoms with Crippen molar-refractivity contribution in [2.75, 3.05) is 0 Å². The monoisotopic (exact) mass is 259 g/mol. The second-order valence-electron chi connectivity index (χ2n) is 3.28. The second kappa shape index (κ2) is 5.60. The minimum Gasteiger partial charge on any atom is -0.481 e. The highest BCUT2D eigenvalue weighted by molar-refractivity contribution is 6.17. The number of nitrogens with zero attached hydrogens (tertiary/aromatic N) is 1. The Labute approximate surface area is 101 Å². The molecular formula is C11H8ClF2NO2. The first-order valence-corrected chi connectivity index (χ1v) is 5.15. The third-order valence-electron chi connectivity index (χ3n) is 2.27. The van der Waals surface area contributed by atoms with Gasteiger partial charge in [0.25, 0.3) is 6.43 Å². The van der Waals surface area contributed by atoms with Gasteiger partial charge in [0.1, 0.15) is 0 Å². The maximum Gasteiger partial charge on any atom is 0.307 e. The zero-order valence-electron chi connectivity index (χ0n) is 8.58. The fraction of sp³-hybridized carbons (Fsp3) is 0.273. The van der Waals surface area contributed by atoms with E-state index in [1.54, 1.807) is 6.07 Å². The molecule has 1 rings (SSSR count). The third kappa shape index (κ3) is 2.92. The molecule has 0 aliphatic heterocycles. The van der Waals surface area contributed by atoms with Crippen LogP contribution in [0.25, 0.3) is 0 Å². The summed E-state index contributed by atoms with van der Waals surface area (Å²) >= 11 is 5.56. The molecule has 17 heavy (non-hydrogen) atoms. The number of carbonyl (C=O) groups is 1. The van der Waals surface area contributed by atoms with E-state index >= 15 is 0 Å². The molecule has 1 N–H and O–H groups in total. The molecular weight excluding hydrogens is 252 g/mol. The van der Waals surface area contributed by atoms with Crippen LogP contribution >= 0.6 is 11.6 Å². The molecule has 0 saturated carbocycles. The largest absolute Gasteiger partial charge is 0.481 e. The highest BCUT2D eigenvalue weighted by Gasteiger charge is 2.21. The first-order valence-electron chi connectivity index (χ1n) is 4.62. The fourth-order valence-electron chi connectivity index (χ4n) is 1.54. The Morgan fingerprint density at radius 3 is 2.59 bits per heavy atom. The molecule has 90 valence electrons. The average Bonchev–Trinajstić information content (AvgIpc) is 2.27.